The minimum Gasteiger partial charge on any atom is -0.376 e. The van der Waals surface area contributed by atoms with Crippen LogP contribution in [0.25, 0.3) is 0 Å². The van der Waals surface area contributed by atoms with Crippen LogP contribution in [0.15, 0.2) is 18.3 Å². The third kappa shape index (κ3) is 4.20. The van der Waals surface area contributed by atoms with E-state index >= 15 is 0 Å². The number of anilines is 3. The molecule has 0 saturated carbocycles. The largest absolute Gasteiger partial charge is 0.376 e. The summed E-state index contributed by atoms with van der Waals surface area (Å²) in [5.41, 5.74) is 4.30. The quantitative estimate of drug-likeness (QED) is 0.340. The van der Waals surface area contributed by atoms with E-state index in [1.165, 1.54) is 5.56 Å². The second kappa shape index (κ2) is 8.87. The van der Waals surface area contributed by atoms with Gasteiger partial charge in [-0.3, -0.25) is 15.5 Å². The molecule has 170 valence electrons. The molecule has 2 atom stereocenters. The summed E-state index contributed by atoms with van der Waals surface area (Å²) < 4.78 is 0. The molecule has 5 rings (SSSR count). The van der Waals surface area contributed by atoms with Crippen molar-refractivity contribution >= 4 is 17.6 Å². The number of aliphatic hydroxyl groups excluding tert-OH is 1. The van der Waals surface area contributed by atoms with E-state index in [9.17, 15) is 5.11 Å². The van der Waals surface area contributed by atoms with E-state index in [0.717, 1.165) is 67.4 Å². The van der Waals surface area contributed by atoms with E-state index in [1.807, 2.05) is 12.1 Å². The first-order chi connectivity index (χ1) is 15.6. The molecule has 0 bridgehead atoms. The summed E-state index contributed by atoms with van der Waals surface area (Å²) in [5, 5.41) is 31.9. The molecule has 32 heavy (non-hydrogen) atoms. The molecule has 10 heteroatoms. The maximum atomic E-state index is 10.9. The summed E-state index contributed by atoms with van der Waals surface area (Å²) in [7, 11) is 0. The highest BCUT2D eigenvalue weighted by molar-refractivity contribution is 5.61. The highest BCUT2D eigenvalue weighted by atomic mass is 16.3. The first-order valence-corrected chi connectivity index (χ1v) is 11.5. The maximum Gasteiger partial charge on any atom is 0.227 e. The molecule has 0 amide bonds. The monoisotopic (exact) mass is 437 g/mol. The average Bonchev–Trinajstić information content (AvgIpc) is 3.58. The fourth-order valence-corrected chi connectivity index (χ4v) is 4.57. The lowest BCUT2D eigenvalue weighted by atomic mass is 10.1. The third-order valence-corrected chi connectivity index (χ3v) is 6.37. The molecule has 10 nitrogen and oxygen atoms in total. The zero-order valence-corrected chi connectivity index (χ0v) is 18.6. The zero-order chi connectivity index (χ0) is 22.1. The van der Waals surface area contributed by atoms with Crippen LogP contribution in [0, 0.1) is 0 Å². The van der Waals surface area contributed by atoms with Gasteiger partial charge in [0.2, 0.25) is 5.95 Å². The van der Waals surface area contributed by atoms with Crippen LogP contribution in [0.5, 0.6) is 0 Å². The van der Waals surface area contributed by atoms with E-state index in [4.69, 9.17) is 9.97 Å². The van der Waals surface area contributed by atoms with Gasteiger partial charge in [0.15, 0.2) is 5.82 Å². The van der Waals surface area contributed by atoms with Crippen LogP contribution >= 0.6 is 0 Å². The highest BCUT2D eigenvalue weighted by Crippen LogP contribution is 2.33. The molecule has 0 spiro atoms. The standard InChI is InChI=1S/C22H31N9O/c1-13(2)17-11-19(30-29-17)26-20-15-5-3-6-16(15)25-22(27-20)31-10-4-7-18(31)21(32)23-12-14-8-9-24-28-14/h8-9,11,13,18,21,23,32H,3-7,10,12H2,1-2H3,(H,24,28)(H2,25,26,27,29,30). The van der Waals surface area contributed by atoms with Crippen LogP contribution in [0.1, 0.15) is 61.7 Å². The lowest BCUT2D eigenvalue weighted by Gasteiger charge is -2.29. The number of aliphatic hydroxyl groups is 1. The number of aromatic nitrogens is 6. The van der Waals surface area contributed by atoms with Gasteiger partial charge in [-0.2, -0.15) is 15.2 Å². The van der Waals surface area contributed by atoms with Gasteiger partial charge in [-0.05, 0) is 44.1 Å². The molecular formula is C22H31N9O. The van der Waals surface area contributed by atoms with Gasteiger partial charge in [0.25, 0.3) is 0 Å². The number of hydrogen-bond acceptors (Lipinski definition) is 8. The number of nitrogens with one attached hydrogen (secondary N) is 4. The summed E-state index contributed by atoms with van der Waals surface area (Å²) in [6, 6.07) is 3.85. The van der Waals surface area contributed by atoms with Crippen molar-refractivity contribution in [3.05, 3.63) is 41.0 Å². The normalized spacial score (nSPS) is 19.0. The van der Waals surface area contributed by atoms with Crippen molar-refractivity contribution in [1.82, 2.24) is 35.7 Å². The van der Waals surface area contributed by atoms with Crippen molar-refractivity contribution in [2.24, 2.45) is 0 Å². The molecule has 0 aromatic carbocycles. The Kier molecular flexibility index (Phi) is 5.79. The second-order valence-corrected chi connectivity index (χ2v) is 8.95. The Hall–Kier alpha value is -2.98. The van der Waals surface area contributed by atoms with Crippen LogP contribution in [0.3, 0.4) is 0 Å². The van der Waals surface area contributed by atoms with E-state index < -0.39 is 6.23 Å². The smallest absolute Gasteiger partial charge is 0.227 e. The molecule has 2 unspecified atom stereocenters. The van der Waals surface area contributed by atoms with Crippen LogP contribution in [0.2, 0.25) is 0 Å². The third-order valence-electron chi connectivity index (χ3n) is 6.37. The molecular weight excluding hydrogens is 406 g/mol. The lowest BCUT2D eigenvalue weighted by molar-refractivity contribution is 0.107. The van der Waals surface area contributed by atoms with Gasteiger partial charge in [-0.25, -0.2) is 4.98 Å². The Morgan fingerprint density at radius 1 is 1.22 bits per heavy atom. The number of hydrogen-bond donors (Lipinski definition) is 5. The average molecular weight is 438 g/mol. The highest BCUT2D eigenvalue weighted by Gasteiger charge is 2.33. The Morgan fingerprint density at radius 3 is 2.91 bits per heavy atom. The summed E-state index contributed by atoms with van der Waals surface area (Å²) in [6.07, 6.45) is 5.91. The van der Waals surface area contributed by atoms with Gasteiger partial charge in [-0.15, -0.1) is 0 Å². The summed E-state index contributed by atoms with van der Waals surface area (Å²) in [6.45, 7) is 5.63. The molecule has 0 radical (unpaired) electrons. The van der Waals surface area contributed by atoms with Gasteiger partial charge in [-0.1, -0.05) is 13.8 Å². The number of aromatic amines is 2. The minimum atomic E-state index is -0.686. The zero-order valence-electron chi connectivity index (χ0n) is 18.6. The van der Waals surface area contributed by atoms with Crippen molar-refractivity contribution in [2.45, 2.75) is 70.7 Å². The Morgan fingerprint density at radius 2 is 2.12 bits per heavy atom. The van der Waals surface area contributed by atoms with E-state index in [0.29, 0.717) is 18.4 Å². The van der Waals surface area contributed by atoms with Crippen LogP contribution in [-0.2, 0) is 19.4 Å². The van der Waals surface area contributed by atoms with Crippen LogP contribution < -0.4 is 15.5 Å². The summed E-state index contributed by atoms with van der Waals surface area (Å²) in [5.74, 6) is 2.66. The van der Waals surface area contributed by atoms with Crippen molar-refractivity contribution in [3.63, 3.8) is 0 Å². The van der Waals surface area contributed by atoms with Gasteiger partial charge < -0.3 is 15.3 Å². The Labute approximate surface area is 187 Å². The molecule has 5 N–H and O–H groups in total. The maximum absolute atomic E-state index is 10.9. The molecule has 3 aromatic rings. The predicted octanol–water partition coefficient (Wildman–Crippen LogP) is 2.36. The fraction of sp³-hybridized carbons (Fsp3) is 0.545. The van der Waals surface area contributed by atoms with Crippen molar-refractivity contribution in [1.29, 1.82) is 0 Å². The predicted molar refractivity (Wildman–Crippen MR) is 122 cm³/mol. The number of aryl methyl sites for hydroxylation is 1. The lowest BCUT2D eigenvalue weighted by Crippen LogP contribution is -2.47. The van der Waals surface area contributed by atoms with Gasteiger partial charge >= 0.3 is 0 Å². The van der Waals surface area contributed by atoms with E-state index in [2.05, 4.69) is 49.8 Å². The number of rotatable bonds is 8. The topological polar surface area (TPSA) is 131 Å². The number of fused-ring (bicyclic) bond motifs is 1. The summed E-state index contributed by atoms with van der Waals surface area (Å²) >= 11 is 0. The molecule has 2 aliphatic rings. The van der Waals surface area contributed by atoms with Gasteiger partial charge in [0.1, 0.15) is 12.0 Å². The molecule has 1 aliphatic carbocycles. The minimum absolute atomic E-state index is 0.0804. The summed E-state index contributed by atoms with van der Waals surface area (Å²) in [4.78, 5) is 12.0. The fourth-order valence-electron chi connectivity index (χ4n) is 4.57. The van der Waals surface area contributed by atoms with Gasteiger partial charge in [0, 0.05) is 42.3 Å². The van der Waals surface area contributed by atoms with Gasteiger partial charge in [0.05, 0.1) is 11.7 Å². The van der Waals surface area contributed by atoms with Crippen LogP contribution in [-0.4, -0.2) is 54.3 Å². The first-order valence-electron chi connectivity index (χ1n) is 11.5. The Bertz CT molecular complexity index is 1050. The van der Waals surface area contributed by atoms with Crippen molar-refractivity contribution < 1.29 is 5.11 Å². The Balaban J connectivity index is 1.37. The van der Waals surface area contributed by atoms with Crippen LogP contribution in [0.4, 0.5) is 17.6 Å². The van der Waals surface area contributed by atoms with Crippen molar-refractivity contribution in [2.75, 3.05) is 16.8 Å². The molecule has 4 heterocycles. The van der Waals surface area contributed by atoms with E-state index in [-0.39, 0.29) is 6.04 Å². The molecule has 1 saturated heterocycles. The number of H-pyrrole nitrogens is 2. The molecule has 3 aromatic heterocycles. The van der Waals surface area contributed by atoms with Crippen molar-refractivity contribution in [3.8, 4) is 0 Å². The molecule has 1 aliphatic heterocycles. The van der Waals surface area contributed by atoms with E-state index in [1.54, 1.807) is 6.20 Å². The number of nitrogens with zero attached hydrogens (tertiary/aromatic N) is 5. The molecule has 1 fully saturated rings. The second-order valence-electron chi connectivity index (χ2n) is 8.95. The first kappa shape index (κ1) is 20.9. The SMILES string of the molecule is CC(C)c1cc(Nc2nc(N3CCCC3C(O)NCc3ccn[nH]3)nc3c2CCC3)n[nH]1.